The SMILES string of the molecule is COCC1COCCN1c1cc(S(=O)NC2(C)CC2)cn2c(-c3nnc(C(F)F)s3)ncc12. The molecule has 4 heterocycles. The lowest BCUT2D eigenvalue weighted by atomic mass is 10.2. The maximum atomic E-state index is 13.2. The average molecular weight is 499 g/mol. The summed E-state index contributed by atoms with van der Waals surface area (Å²) in [5.41, 5.74) is 1.44. The Morgan fingerprint density at radius 3 is 2.94 bits per heavy atom. The molecule has 3 aromatic heterocycles. The highest BCUT2D eigenvalue weighted by Crippen LogP contribution is 2.37. The number of rotatable bonds is 8. The van der Waals surface area contributed by atoms with Crippen LogP contribution in [0.25, 0.3) is 16.3 Å². The summed E-state index contributed by atoms with van der Waals surface area (Å²) in [6.07, 6.45) is 2.63. The topological polar surface area (TPSA) is 93.9 Å². The van der Waals surface area contributed by atoms with Crippen molar-refractivity contribution in [2.75, 3.05) is 38.4 Å². The quantitative estimate of drug-likeness (QED) is 0.510. The van der Waals surface area contributed by atoms with Crippen molar-refractivity contribution in [1.29, 1.82) is 0 Å². The predicted octanol–water partition coefficient (Wildman–Crippen LogP) is 2.81. The first kappa shape index (κ1) is 22.7. The van der Waals surface area contributed by atoms with E-state index in [1.54, 1.807) is 23.9 Å². The van der Waals surface area contributed by atoms with Crippen molar-refractivity contribution >= 4 is 33.5 Å². The summed E-state index contributed by atoms with van der Waals surface area (Å²) in [6, 6.07) is 1.87. The van der Waals surface area contributed by atoms with Crippen LogP contribution in [0.4, 0.5) is 14.5 Å². The van der Waals surface area contributed by atoms with Gasteiger partial charge in [-0.05, 0) is 25.8 Å². The number of anilines is 1. The minimum atomic E-state index is -2.70. The van der Waals surface area contributed by atoms with Gasteiger partial charge in [-0.25, -0.2) is 22.7 Å². The Morgan fingerprint density at radius 2 is 2.24 bits per heavy atom. The van der Waals surface area contributed by atoms with Gasteiger partial charge in [0.1, 0.15) is 11.0 Å². The third-order valence-corrected chi connectivity index (χ3v) is 8.12. The molecule has 3 aromatic rings. The summed E-state index contributed by atoms with van der Waals surface area (Å²) in [5, 5.41) is 7.42. The number of hydrogen-bond acceptors (Lipinski definition) is 8. The van der Waals surface area contributed by atoms with Crippen molar-refractivity contribution in [1.82, 2.24) is 24.3 Å². The molecule has 1 aliphatic heterocycles. The highest BCUT2D eigenvalue weighted by Gasteiger charge is 2.39. The number of fused-ring (bicyclic) bond motifs is 1. The van der Waals surface area contributed by atoms with Gasteiger partial charge in [0.2, 0.25) is 0 Å². The van der Waals surface area contributed by atoms with Gasteiger partial charge in [0, 0.05) is 25.4 Å². The van der Waals surface area contributed by atoms with Gasteiger partial charge >= 0.3 is 0 Å². The Hall–Kier alpha value is -2.06. The van der Waals surface area contributed by atoms with Crippen LogP contribution in [0.1, 0.15) is 31.2 Å². The van der Waals surface area contributed by atoms with E-state index >= 15 is 0 Å². The molecule has 0 bridgehead atoms. The Morgan fingerprint density at radius 1 is 1.42 bits per heavy atom. The molecule has 2 atom stereocenters. The number of halogens is 2. The van der Waals surface area contributed by atoms with E-state index in [4.69, 9.17) is 9.47 Å². The summed E-state index contributed by atoms with van der Waals surface area (Å²) in [7, 11) is 0.173. The van der Waals surface area contributed by atoms with Crippen LogP contribution in [-0.4, -0.2) is 68.8 Å². The van der Waals surface area contributed by atoms with Crippen LogP contribution in [0.2, 0.25) is 0 Å². The summed E-state index contributed by atoms with van der Waals surface area (Å²) in [4.78, 5) is 7.20. The van der Waals surface area contributed by atoms with E-state index in [2.05, 4.69) is 24.8 Å². The molecule has 33 heavy (non-hydrogen) atoms. The number of methoxy groups -OCH3 is 1. The van der Waals surface area contributed by atoms with E-state index in [0.717, 1.165) is 35.4 Å². The molecule has 0 aromatic carbocycles. The van der Waals surface area contributed by atoms with Gasteiger partial charge in [0.05, 0.1) is 48.2 Å². The fourth-order valence-corrected chi connectivity index (χ4v) is 5.71. The number of morpholine rings is 1. The molecule has 9 nitrogen and oxygen atoms in total. The number of nitrogens with zero attached hydrogens (tertiary/aromatic N) is 5. The molecule has 1 aliphatic carbocycles. The maximum absolute atomic E-state index is 13.2. The second kappa shape index (κ2) is 8.95. The van der Waals surface area contributed by atoms with E-state index in [9.17, 15) is 13.0 Å². The Kier molecular flexibility index (Phi) is 6.16. The van der Waals surface area contributed by atoms with Crippen LogP contribution in [0.5, 0.6) is 0 Å². The van der Waals surface area contributed by atoms with E-state index in [1.807, 2.05) is 13.0 Å². The standard InChI is InChI=1S/C20H24F2N6O3S2/c1-20(3-4-20)26-33(29)13-7-14(27-5-6-31-11-12(27)10-30-2)15-8-23-17(28(15)9-13)19-25-24-18(32-19)16(21)22/h7-9,12,16,26H,3-6,10-11H2,1-2H3. The molecule has 178 valence electrons. The van der Waals surface area contributed by atoms with E-state index in [-0.39, 0.29) is 21.6 Å². The summed E-state index contributed by atoms with van der Waals surface area (Å²) < 4.78 is 55.4. The maximum Gasteiger partial charge on any atom is 0.291 e. The van der Waals surface area contributed by atoms with E-state index in [1.165, 1.54) is 0 Å². The van der Waals surface area contributed by atoms with Crippen molar-refractivity contribution < 1.29 is 22.5 Å². The highest BCUT2D eigenvalue weighted by atomic mass is 32.2. The first-order valence-corrected chi connectivity index (χ1v) is 12.5. The largest absolute Gasteiger partial charge is 0.382 e. The molecule has 2 aliphatic rings. The molecule has 1 saturated carbocycles. The van der Waals surface area contributed by atoms with Gasteiger partial charge in [-0.3, -0.25) is 4.40 Å². The number of imidazole rings is 1. The Labute approximate surface area is 195 Å². The third-order valence-electron chi connectivity index (χ3n) is 5.86. The molecule has 5 rings (SSSR count). The van der Waals surface area contributed by atoms with Gasteiger partial charge in [-0.1, -0.05) is 11.3 Å². The second-order valence-electron chi connectivity index (χ2n) is 8.45. The van der Waals surface area contributed by atoms with Crippen molar-refractivity contribution in [3.05, 3.63) is 23.5 Å². The zero-order valence-electron chi connectivity index (χ0n) is 18.2. The molecular weight excluding hydrogens is 474 g/mol. The van der Waals surface area contributed by atoms with Crippen molar-refractivity contribution in [3.63, 3.8) is 0 Å². The predicted molar refractivity (Wildman–Crippen MR) is 120 cm³/mol. The molecule has 1 N–H and O–H groups in total. The van der Waals surface area contributed by atoms with Crippen molar-refractivity contribution in [2.24, 2.45) is 0 Å². The van der Waals surface area contributed by atoms with Crippen molar-refractivity contribution in [3.8, 4) is 10.8 Å². The van der Waals surface area contributed by atoms with Crippen LogP contribution in [0.15, 0.2) is 23.4 Å². The number of hydrogen-bond donors (Lipinski definition) is 1. The van der Waals surface area contributed by atoms with Gasteiger partial charge < -0.3 is 14.4 Å². The van der Waals surface area contributed by atoms with E-state index < -0.39 is 17.4 Å². The molecule has 1 saturated heterocycles. The van der Waals surface area contributed by atoms with Gasteiger partial charge in [0.25, 0.3) is 6.43 Å². The first-order chi connectivity index (χ1) is 15.9. The molecule has 0 amide bonds. The lowest BCUT2D eigenvalue weighted by molar-refractivity contribution is 0.0603. The average Bonchev–Trinajstić information content (AvgIpc) is 3.19. The zero-order chi connectivity index (χ0) is 23.2. The highest BCUT2D eigenvalue weighted by molar-refractivity contribution is 7.83. The number of pyridine rings is 1. The van der Waals surface area contributed by atoms with Crippen LogP contribution >= 0.6 is 11.3 Å². The molecule has 0 radical (unpaired) electrons. The van der Waals surface area contributed by atoms with Gasteiger partial charge in [-0.2, -0.15) is 0 Å². The van der Waals surface area contributed by atoms with Crippen LogP contribution < -0.4 is 9.62 Å². The fraction of sp³-hybridized carbons (Fsp3) is 0.550. The summed E-state index contributed by atoms with van der Waals surface area (Å²) in [6.45, 7) is 4.17. The normalized spacial score (nSPS) is 21.1. The minimum absolute atomic E-state index is 0.0320. The minimum Gasteiger partial charge on any atom is -0.382 e. The Bertz CT molecular complexity index is 1180. The summed E-state index contributed by atoms with van der Waals surface area (Å²) >= 11 is 0.797. The number of aromatic nitrogens is 4. The fourth-order valence-electron chi connectivity index (χ4n) is 3.83. The van der Waals surface area contributed by atoms with Gasteiger partial charge in [0.15, 0.2) is 15.8 Å². The van der Waals surface area contributed by atoms with Crippen LogP contribution in [-0.2, 0) is 20.5 Å². The second-order valence-corrected chi connectivity index (χ2v) is 10.7. The van der Waals surface area contributed by atoms with E-state index in [0.29, 0.717) is 37.1 Å². The lowest BCUT2D eigenvalue weighted by Gasteiger charge is -2.37. The van der Waals surface area contributed by atoms with Crippen LogP contribution in [0, 0.1) is 0 Å². The molecule has 0 spiro atoms. The zero-order valence-corrected chi connectivity index (χ0v) is 19.8. The third kappa shape index (κ3) is 4.52. The smallest absolute Gasteiger partial charge is 0.291 e. The van der Waals surface area contributed by atoms with Gasteiger partial charge in [-0.15, -0.1) is 10.2 Å². The molecule has 13 heteroatoms. The number of ether oxygens (including phenoxy) is 2. The first-order valence-electron chi connectivity index (χ1n) is 10.5. The number of nitrogens with one attached hydrogen (secondary N) is 1. The van der Waals surface area contributed by atoms with Crippen LogP contribution in [0.3, 0.4) is 0 Å². The Balaban J connectivity index is 1.62. The summed E-state index contributed by atoms with van der Waals surface area (Å²) in [5.74, 6) is 0.378. The molecule has 2 unspecified atom stereocenters. The number of alkyl halides is 2. The monoisotopic (exact) mass is 498 g/mol. The van der Waals surface area contributed by atoms with Crippen molar-refractivity contribution in [2.45, 2.75) is 42.7 Å². The molecular formula is C20H24F2N6O3S2. The molecule has 2 fully saturated rings. The lowest BCUT2D eigenvalue weighted by Crippen LogP contribution is -2.48.